The van der Waals surface area contributed by atoms with Crippen molar-refractivity contribution in [1.29, 1.82) is 0 Å². The molecule has 0 aromatic carbocycles. The molecular weight excluding hydrogens is 274 g/mol. The lowest BCUT2D eigenvalue weighted by Crippen LogP contribution is -2.46. The maximum Gasteiger partial charge on any atom is 0.321 e. The van der Waals surface area contributed by atoms with Crippen molar-refractivity contribution in [3.8, 4) is 0 Å². The van der Waals surface area contributed by atoms with Crippen molar-refractivity contribution < 1.29 is 19.1 Å². The summed E-state index contributed by atoms with van der Waals surface area (Å²) in [4.78, 5) is 36.1. The van der Waals surface area contributed by atoms with Crippen LogP contribution in [0.25, 0.3) is 0 Å². The number of urea groups is 1. The first-order chi connectivity index (χ1) is 9.88. The van der Waals surface area contributed by atoms with E-state index in [0.29, 0.717) is 19.0 Å². The standard InChI is InChI=1S/C14H25N3O4/c1-5-7-17(10-13(19)21-6-2)9-12(18)16-14(20)15-8-11(3)4/h5,11H,1,6-10H2,2-4H3,(H2,15,16,18,20). The van der Waals surface area contributed by atoms with Gasteiger partial charge in [0.15, 0.2) is 0 Å². The van der Waals surface area contributed by atoms with Crippen molar-refractivity contribution in [3.05, 3.63) is 12.7 Å². The fourth-order valence-corrected chi connectivity index (χ4v) is 1.47. The molecule has 0 aliphatic rings. The van der Waals surface area contributed by atoms with Gasteiger partial charge in [-0.3, -0.25) is 19.8 Å². The van der Waals surface area contributed by atoms with Gasteiger partial charge in [0.25, 0.3) is 0 Å². The minimum absolute atomic E-state index is 0.0269. The molecule has 0 fully saturated rings. The Morgan fingerprint density at radius 1 is 1.29 bits per heavy atom. The Hall–Kier alpha value is -1.89. The van der Waals surface area contributed by atoms with Gasteiger partial charge < -0.3 is 10.1 Å². The average molecular weight is 299 g/mol. The minimum atomic E-state index is -0.539. The third-order valence-electron chi connectivity index (χ3n) is 2.34. The van der Waals surface area contributed by atoms with Crippen LogP contribution in [0.3, 0.4) is 0 Å². The highest BCUT2D eigenvalue weighted by atomic mass is 16.5. The van der Waals surface area contributed by atoms with E-state index in [4.69, 9.17) is 4.74 Å². The molecule has 0 aliphatic heterocycles. The molecule has 0 spiro atoms. The number of nitrogens with zero attached hydrogens (tertiary/aromatic N) is 1. The van der Waals surface area contributed by atoms with Crippen LogP contribution in [0.5, 0.6) is 0 Å². The molecule has 0 aromatic heterocycles. The fourth-order valence-electron chi connectivity index (χ4n) is 1.47. The van der Waals surface area contributed by atoms with Gasteiger partial charge in [-0.2, -0.15) is 0 Å². The molecule has 21 heavy (non-hydrogen) atoms. The van der Waals surface area contributed by atoms with Gasteiger partial charge >= 0.3 is 12.0 Å². The van der Waals surface area contributed by atoms with Crippen LogP contribution >= 0.6 is 0 Å². The molecule has 0 saturated carbocycles. The van der Waals surface area contributed by atoms with Crippen LogP contribution in [-0.4, -0.2) is 55.6 Å². The van der Waals surface area contributed by atoms with Crippen LogP contribution in [0.4, 0.5) is 4.79 Å². The number of carbonyl (C=O) groups is 3. The summed E-state index contributed by atoms with van der Waals surface area (Å²) in [6.45, 7) is 10.2. The maximum atomic E-state index is 11.7. The van der Waals surface area contributed by atoms with Gasteiger partial charge in [0.05, 0.1) is 19.7 Å². The van der Waals surface area contributed by atoms with E-state index in [-0.39, 0.29) is 19.7 Å². The van der Waals surface area contributed by atoms with E-state index in [2.05, 4.69) is 17.2 Å². The molecule has 7 nitrogen and oxygen atoms in total. The second-order valence-corrected chi connectivity index (χ2v) is 4.92. The second-order valence-electron chi connectivity index (χ2n) is 4.92. The van der Waals surface area contributed by atoms with Crippen molar-refractivity contribution in [2.45, 2.75) is 20.8 Å². The van der Waals surface area contributed by atoms with E-state index in [9.17, 15) is 14.4 Å². The van der Waals surface area contributed by atoms with E-state index in [1.807, 2.05) is 13.8 Å². The molecular formula is C14H25N3O4. The first kappa shape index (κ1) is 19.1. The average Bonchev–Trinajstić information content (AvgIpc) is 2.36. The molecule has 2 N–H and O–H groups in total. The highest BCUT2D eigenvalue weighted by Gasteiger charge is 2.15. The number of nitrogens with one attached hydrogen (secondary N) is 2. The first-order valence-electron chi connectivity index (χ1n) is 6.95. The van der Waals surface area contributed by atoms with Crippen LogP contribution in [0.2, 0.25) is 0 Å². The summed E-state index contributed by atoms with van der Waals surface area (Å²) in [5.41, 5.74) is 0. The number of rotatable bonds is 9. The zero-order valence-electron chi connectivity index (χ0n) is 13.0. The monoisotopic (exact) mass is 299 g/mol. The minimum Gasteiger partial charge on any atom is -0.465 e. The summed E-state index contributed by atoms with van der Waals surface area (Å²) in [5.74, 6) is -0.606. The fraction of sp³-hybridized carbons (Fsp3) is 0.643. The Balaban J connectivity index is 4.24. The third kappa shape index (κ3) is 10.5. The SMILES string of the molecule is C=CCN(CC(=O)NC(=O)NCC(C)C)CC(=O)OCC. The van der Waals surface area contributed by atoms with Crippen molar-refractivity contribution in [1.82, 2.24) is 15.5 Å². The predicted octanol–water partition coefficient (Wildman–Crippen LogP) is 0.519. The highest BCUT2D eigenvalue weighted by Crippen LogP contribution is 1.92. The number of hydrogen-bond acceptors (Lipinski definition) is 5. The van der Waals surface area contributed by atoms with E-state index in [1.165, 1.54) is 4.90 Å². The highest BCUT2D eigenvalue weighted by molar-refractivity contribution is 5.95. The summed E-state index contributed by atoms with van der Waals surface area (Å²) < 4.78 is 4.82. The van der Waals surface area contributed by atoms with Gasteiger partial charge in [0.1, 0.15) is 0 Å². The van der Waals surface area contributed by atoms with Gasteiger partial charge in [-0.1, -0.05) is 19.9 Å². The molecule has 0 aliphatic carbocycles. The molecule has 0 bridgehead atoms. The van der Waals surface area contributed by atoms with E-state index >= 15 is 0 Å². The first-order valence-corrected chi connectivity index (χ1v) is 6.95. The zero-order chi connectivity index (χ0) is 16.3. The van der Waals surface area contributed by atoms with Gasteiger partial charge in [-0.15, -0.1) is 6.58 Å². The summed E-state index contributed by atoms with van der Waals surface area (Å²) in [5, 5.41) is 4.79. The molecule has 0 saturated heterocycles. The topological polar surface area (TPSA) is 87.7 Å². The molecule has 0 unspecified atom stereocenters. The molecule has 120 valence electrons. The smallest absolute Gasteiger partial charge is 0.321 e. The molecule has 7 heteroatoms. The summed E-state index contributed by atoms with van der Waals surface area (Å²) >= 11 is 0. The van der Waals surface area contributed by atoms with Gasteiger partial charge in [0.2, 0.25) is 5.91 Å². The van der Waals surface area contributed by atoms with Crippen LogP contribution in [-0.2, 0) is 14.3 Å². The van der Waals surface area contributed by atoms with E-state index in [0.717, 1.165) is 0 Å². The lowest BCUT2D eigenvalue weighted by molar-refractivity contribution is -0.144. The lowest BCUT2D eigenvalue weighted by atomic mass is 10.2. The molecule has 3 amide bonds. The van der Waals surface area contributed by atoms with Crippen LogP contribution in [0, 0.1) is 5.92 Å². The Morgan fingerprint density at radius 2 is 1.95 bits per heavy atom. The largest absolute Gasteiger partial charge is 0.465 e. The van der Waals surface area contributed by atoms with E-state index in [1.54, 1.807) is 13.0 Å². The number of imide groups is 1. The molecule has 0 radical (unpaired) electrons. The van der Waals surface area contributed by atoms with Crippen LogP contribution in [0.1, 0.15) is 20.8 Å². The van der Waals surface area contributed by atoms with Gasteiger partial charge in [-0.25, -0.2) is 4.79 Å². The van der Waals surface area contributed by atoms with Crippen molar-refractivity contribution in [3.63, 3.8) is 0 Å². The Kier molecular flexibility index (Phi) is 9.87. The molecule has 0 heterocycles. The third-order valence-corrected chi connectivity index (χ3v) is 2.34. The van der Waals surface area contributed by atoms with Crippen molar-refractivity contribution >= 4 is 17.9 Å². The number of carbonyl (C=O) groups excluding carboxylic acids is 3. The normalized spacial score (nSPS) is 10.3. The number of amides is 3. The zero-order valence-corrected chi connectivity index (χ0v) is 13.0. The van der Waals surface area contributed by atoms with Gasteiger partial charge in [0, 0.05) is 13.1 Å². The second kappa shape index (κ2) is 10.8. The Bertz CT molecular complexity index is 369. The van der Waals surface area contributed by atoms with Crippen molar-refractivity contribution in [2.24, 2.45) is 5.92 Å². The van der Waals surface area contributed by atoms with Crippen LogP contribution in [0.15, 0.2) is 12.7 Å². The van der Waals surface area contributed by atoms with Gasteiger partial charge in [-0.05, 0) is 12.8 Å². The quantitative estimate of drug-likeness (QED) is 0.479. The lowest BCUT2D eigenvalue weighted by Gasteiger charge is -2.18. The van der Waals surface area contributed by atoms with E-state index < -0.39 is 17.9 Å². The Labute approximate surface area is 125 Å². The summed E-state index contributed by atoms with van der Waals surface area (Å²) in [6, 6.07) is -0.539. The van der Waals surface area contributed by atoms with Crippen LogP contribution < -0.4 is 10.6 Å². The summed E-state index contributed by atoms with van der Waals surface area (Å²) in [7, 11) is 0. The summed E-state index contributed by atoms with van der Waals surface area (Å²) in [6.07, 6.45) is 1.57. The predicted molar refractivity (Wildman–Crippen MR) is 79.6 cm³/mol. The number of ether oxygens (including phenoxy) is 1. The molecule has 0 rings (SSSR count). The number of hydrogen-bond donors (Lipinski definition) is 2. The Morgan fingerprint density at radius 3 is 2.48 bits per heavy atom. The molecule has 0 atom stereocenters. The number of esters is 1. The molecule has 0 aromatic rings. The van der Waals surface area contributed by atoms with Crippen molar-refractivity contribution in [2.75, 3.05) is 32.8 Å². The maximum absolute atomic E-state index is 11.7.